The molecule has 0 aliphatic rings. The van der Waals surface area contributed by atoms with Crippen molar-refractivity contribution >= 4 is 5.65 Å². The Bertz CT molecular complexity index is 1120. The summed E-state index contributed by atoms with van der Waals surface area (Å²) < 4.78 is 5.14. The van der Waals surface area contributed by atoms with Crippen molar-refractivity contribution in [3.63, 3.8) is 0 Å². The van der Waals surface area contributed by atoms with Crippen LogP contribution in [0.3, 0.4) is 0 Å². The normalized spacial score (nSPS) is 11.3. The third kappa shape index (κ3) is 2.07. The van der Waals surface area contributed by atoms with Gasteiger partial charge in [-0.05, 0) is 43.7 Å². The minimum Gasteiger partial charge on any atom is -0.299 e. The zero-order valence-electron chi connectivity index (χ0n) is 13.8. The Labute approximate surface area is 138 Å². The van der Waals surface area contributed by atoms with Gasteiger partial charge in [0.05, 0.1) is 11.4 Å². The summed E-state index contributed by atoms with van der Waals surface area (Å²) in [5.74, 6) is 0. The molecule has 0 saturated heterocycles. The van der Waals surface area contributed by atoms with Crippen LogP contribution >= 0.6 is 0 Å². The van der Waals surface area contributed by atoms with Gasteiger partial charge in [0.15, 0.2) is 5.65 Å². The second-order valence-electron chi connectivity index (χ2n) is 5.93. The molecule has 0 atom stereocenters. The number of nitrogens with zero attached hydrogens (tertiary/aromatic N) is 5. The second kappa shape index (κ2) is 5.19. The maximum Gasteiger partial charge on any atom is 0.333 e. The van der Waals surface area contributed by atoms with E-state index in [2.05, 4.69) is 10.1 Å². The highest BCUT2D eigenvalue weighted by Crippen LogP contribution is 2.25. The molecule has 0 aliphatic heterocycles. The summed E-state index contributed by atoms with van der Waals surface area (Å²) in [6, 6.07) is 11.8. The molecular formula is C18H17N5O. The number of aryl methyl sites for hydroxylation is 1. The summed E-state index contributed by atoms with van der Waals surface area (Å²) in [5, 5.41) is 4.19. The minimum absolute atomic E-state index is 0.0632. The number of imidazole rings is 1. The first-order valence-corrected chi connectivity index (χ1v) is 7.71. The van der Waals surface area contributed by atoms with Crippen LogP contribution in [0.4, 0.5) is 0 Å². The highest BCUT2D eigenvalue weighted by molar-refractivity contribution is 5.66. The van der Waals surface area contributed by atoms with Gasteiger partial charge in [0, 0.05) is 24.5 Å². The molecule has 0 amide bonds. The molecule has 24 heavy (non-hydrogen) atoms. The zero-order valence-corrected chi connectivity index (χ0v) is 13.8. The van der Waals surface area contributed by atoms with Gasteiger partial charge in [-0.1, -0.05) is 12.1 Å². The Morgan fingerprint density at radius 1 is 1.08 bits per heavy atom. The predicted octanol–water partition coefficient (Wildman–Crippen LogP) is 2.50. The molecule has 3 aromatic heterocycles. The third-order valence-corrected chi connectivity index (χ3v) is 4.36. The van der Waals surface area contributed by atoms with Gasteiger partial charge < -0.3 is 0 Å². The Kier molecular flexibility index (Phi) is 3.13. The van der Waals surface area contributed by atoms with E-state index in [9.17, 15) is 4.79 Å². The first-order valence-electron chi connectivity index (χ1n) is 7.71. The maximum absolute atomic E-state index is 12.8. The van der Waals surface area contributed by atoms with E-state index in [0.29, 0.717) is 0 Å². The number of rotatable bonds is 2. The summed E-state index contributed by atoms with van der Waals surface area (Å²) in [4.78, 5) is 17.0. The van der Waals surface area contributed by atoms with Crippen LogP contribution in [0.5, 0.6) is 0 Å². The van der Waals surface area contributed by atoms with Gasteiger partial charge >= 0.3 is 5.69 Å². The van der Waals surface area contributed by atoms with Gasteiger partial charge in [0.2, 0.25) is 0 Å². The first-order chi connectivity index (χ1) is 11.6. The van der Waals surface area contributed by atoms with Crippen molar-refractivity contribution < 1.29 is 0 Å². The van der Waals surface area contributed by atoms with Gasteiger partial charge in [-0.25, -0.2) is 14.3 Å². The fraction of sp³-hybridized carbons (Fsp3) is 0.167. The molecule has 6 heteroatoms. The molecule has 1 aromatic carbocycles. The molecule has 4 rings (SSSR count). The van der Waals surface area contributed by atoms with E-state index >= 15 is 0 Å². The molecule has 0 aliphatic carbocycles. The fourth-order valence-corrected chi connectivity index (χ4v) is 3.01. The molecule has 0 spiro atoms. The molecule has 0 saturated carbocycles. The monoisotopic (exact) mass is 319 g/mol. The van der Waals surface area contributed by atoms with Crippen LogP contribution in [0, 0.1) is 13.8 Å². The predicted molar refractivity (Wildman–Crippen MR) is 92.5 cm³/mol. The maximum atomic E-state index is 12.8. The van der Waals surface area contributed by atoms with E-state index in [1.807, 2.05) is 56.4 Å². The van der Waals surface area contributed by atoms with Gasteiger partial charge in [0.25, 0.3) is 0 Å². The lowest BCUT2D eigenvalue weighted by Gasteiger charge is -2.09. The number of aromatic nitrogens is 5. The van der Waals surface area contributed by atoms with Crippen molar-refractivity contribution in [3.8, 4) is 16.9 Å². The smallest absolute Gasteiger partial charge is 0.299 e. The van der Waals surface area contributed by atoms with Crippen molar-refractivity contribution in [2.24, 2.45) is 7.05 Å². The van der Waals surface area contributed by atoms with E-state index in [-0.39, 0.29) is 5.69 Å². The highest BCUT2D eigenvalue weighted by atomic mass is 16.1. The van der Waals surface area contributed by atoms with Crippen LogP contribution in [-0.2, 0) is 7.05 Å². The van der Waals surface area contributed by atoms with E-state index in [4.69, 9.17) is 0 Å². The SMILES string of the molecule is Cc1cccc(-n2c(-c3ccc4ncnn4c3)c(C)n(C)c2=O)c1. The van der Waals surface area contributed by atoms with Gasteiger partial charge in [-0.15, -0.1) is 0 Å². The van der Waals surface area contributed by atoms with Crippen molar-refractivity contribution in [1.29, 1.82) is 0 Å². The van der Waals surface area contributed by atoms with E-state index < -0.39 is 0 Å². The minimum atomic E-state index is -0.0632. The standard InChI is InChI=1S/C18H17N5O/c1-12-5-4-6-15(9-12)23-17(13(2)21(3)18(23)24)14-7-8-16-19-11-20-22(16)10-14/h4-11H,1-3H3. The number of pyridine rings is 1. The van der Waals surface area contributed by atoms with Gasteiger partial charge in [-0.3, -0.25) is 9.13 Å². The Hall–Kier alpha value is -3.15. The molecule has 0 bridgehead atoms. The molecule has 0 unspecified atom stereocenters. The number of hydrogen-bond donors (Lipinski definition) is 0. The molecule has 0 N–H and O–H groups in total. The van der Waals surface area contributed by atoms with Crippen LogP contribution < -0.4 is 5.69 Å². The Balaban J connectivity index is 2.04. The second-order valence-corrected chi connectivity index (χ2v) is 5.93. The van der Waals surface area contributed by atoms with Crippen LogP contribution in [0.25, 0.3) is 22.6 Å². The molecule has 4 aromatic rings. The van der Waals surface area contributed by atoms with E-state index in [1.165, 1.54) is 6.33 Å². The van der Waals surface area contributed by atoms with Crippen molar-refractivity contribution in [1.82, 2.24) is 23.7 Å². The summed E-state index contributed by atoms with van der Waals surface area (Å²) in [7, 11) is 1.79. The van der Waals surface area contributed by atoms with E-state index in [0.717, 1.165) is 33.8 Å². The van der Waals surface area contributed by atoms with Crippen molar-refractivity contribution in [2.75, 3.05) is 0 Å². The molecule has 6 nitrogen and oxygen atoms in total. The van der Waals surface area contributed by atoms with Gasteiger partial charge in [0.1, 0.15) is 6.33 Å². The molecular weight excluding hydrogens is 302 g/mol. The molecule has 0 fully saturated rings. The lowest BCUT2D eigenvalue weighted by molar-refractivity contribution is 0.803. The summed E-state index contributed by atoms with van der Waals surface area (Å²) in [6.45, 7) is 3.97. The topological polar surface area (TPSA) is 57.1 Å². The summed E-state index contributed by atoms with van der Waals surface area (Å²) in [5.41, 5.74) is 5.37. The Morgan fingerprint density at radius 2 is 1.92 bits per heavy atom. The highest BCUT2D eigenvalue weighted by Gasteiger charge is 2.18. The summed E-state index contributed by atoms with van der Waals surface area (Å²) >= 11 is 0. The van der Waals surface area contributed by atoms with Crippen LogP contribution in [0.2, 0.25) is 0 Å². The van der Waals surface area contributed by atoms with Crippen LogP contribution in [-0.4, -0.2) is 23.7 Å². The lowest BCUT2D eigenvalue weighted by Crippen LogP contribution is -2.21. The zero-order chi connectivity index (χ0) is 16.8. The third-order valence-electron chi connectivity index (χ3n) is 4.36. The average molecular weight is 319 g/mol. The largest absolute Gasteiger partial charge is 0.333 e. The van der Waals surface area contributed by atoms with Crippen molar-refractivity contribution in [3.05, 3.63) is 70.7 Å². The Morgan fingerprint density at radius 3 is 2.71 bits per heavy atom. The number of hydrogen-bond acceptors (Lipinski definition) is 3. The molecule has 0 radical (unpaired) electrons. The van der Waals surface area contributed by atoms with Crippen molar-refractivity contribution in [2.45, 2.75) is 13.8 Å². The van der Waals surface area contributed by atoms with Crippen LogP contribution in [0.1, 0.15) is 11.3 Å². The number of benzene rings is 1. The first kappa shape index (κ1) is 14.4. The molecule has 120 valence electrons. The van der Waals surface area contributed by atoms with E-state index in [1.54, 1.807) is 20.7 Å². The molecule has 3 heterocycles. The quantitative estimate of drug-likeness (QED) is 0.570. The van der Waals surface area contributed by atoms with Gasteiger partial charge in [-0.2, -0.15) is 5.10 Å². The average Bonchev–Trinajstić information content (AvgIpc) is 3.12. The number of fused-ring (bicyclic) bond motifs is 1. The fourth-order valence-electron chi connectivity index (χ4n) is 3.01. The summed E-state index contributed by atoms with van der Waals surface area (Å²) in [6.07, 6.45) is 3.42. The lowest BCUT2D eigenvalue weighted by atomic mass is 10.1. The van der Waals surface area contributed by atoms with Crippen LogP contribution in [0.15, 0.2) is 53.7 Å².